The van der Waals surface area contributed by atoms with E-state index in [0.29, 0.717) is 12.1 Å². The third kappa shape index (κ3) is 4.62. The van der Waals surface area contributed by atoms with E-state index in [-0.39, 0.29) is 0 Å². The van der Waals surface area contributed by atoms with Gasteiger partial charge in [-0.05, 0) is 38.6 Å². The summed E-state index contributed by atoms with van der Waals surface area (Å²) >= 11 is 0. The van der Waals surface area contributed by atoms with Crippen molar-refractivity contribution in [2.45, 2.75) is 57.6 Å². The van der Waals surface area contributed by atoms with Crippen molar-refractivity contribution in [3.63, 3.8) is 0 Å². The van der Waals surface area contributed by atoms with Crippen LogP contribution in [0.5, 0.6) is 0 Å². The highest BCUT2D eigenvalue weighted by Gasteiger charge is 2.17. The van der Waals surface area contributed by atoms with Gasteiger partial charge in [0.1, 0.15) is 5.82 Å². The minimum absolute atomic E-state index is 0.483. The largest absolute Gasteiger partial charge is 0.378 e. The van der Waals surface area contributed by atoms with E-state index in [1.54, 1.807) is 0 Å². The van der Waals surface area contributed by atoms with Gasteiger partial charge in [0, 0.05) is 38.5 Å². The zero-order valence-corrected chi connectivity index (χ0v) is 12.3. The van der Waals surface area contributed by atoms with Crippen LogP contribution in [0.25, 0.3) is 0 Å². The van der Waals surface area contributed by atoms with E-state index < -0.39 is 0 Å². The fourth-order valence-electron chi connectivity index (χ4n) is 2.80. The molecule has 0 amide bonds. The summed E-state index contributed by atoms with van der Waals surface area (Å²) in [5, 5.41) is 3.58. The van der Waals surface area contributed by atoms with E-state index in [4.69, 9.17) is 4.74 Å². The van der Waals surface area contributed by atoms with Gasteiger partial charge in [-0.3, -0.25) is 0 Å². The summed E-state index contributed by atoms with van der Waals surface area (Å²) in [6.45, 7) is 4.14. The molecule has 1 aliphatic rings. The standard InChI is InChI=1S/C15H27N3O/c1-3-16-13(12-15-17-9-10-18(15)2)7-8-14-6-4-5-11-19-14/h9-10,13-14,16H,3-8,11-12H2,1-2H3. The van der Waals surface area contributed by atoms with Crippen LogP contribution in [0.3, 0.4) is 0 Å². The number of aryl methyl sites for hydroxylation is 1. The molecule has 108 valence electrons. The minimum Gasteiger partial charge on any atom is -0.378 e. The summed E-state index contributed by atoms with van der Waals surface area (Å²) in [7, 11) is 2.07. The Morgan fingerprint density at radius 2 is 2.42 bits per heavy atom. The number of hydrogen-bond acceptors (Lipinski definition) is 3. The molecule has 0 spiro atoms. The summed E-state index contributed by atoms with van der Waals surface area (Å²) in [5.74, 6) is 1.16. The molecule has 2 unspecified atom stereocenters. The molecule has 0 aliphatic carbocycles. The monoisotopic (exact) mass is 265 g/mol. The average molecular weight is 265 g/mol. The lowest BCUT2D eigenvalue weighted by Crippen LogP contribution is -2.33. The third-order valence-corrected chi connectivity index (χ3v) is 3.95. The predicted molar refractivity (Wildman–Crippen MR) is 77.2 cm³/mol. The molecule has 2 heterocycles. The zero-order chi connectivity index (χ0) is 13.5. The van der Waals surface area contributed by atoms with Gasteiger partial charge in [-0.1, -0.05) is 6.92 Å². The molecule has 2 rings (SSSR count). The summed E-state index contributed by atoms with van der Waals surface area (Å²) in [6, 6.07) is 0.511. The topological polar surface area (TPSA) is 39.1 Å². The lowest BCUT2D eigenvalue weighted by atomic mass is 10.00. The Morgan fingerprint density at radius 1 is 1.53 bits per heavy atom. The van der Waals surface area contributed by atoms with Crippen LogP contribution in [0.15, 0.2) is 12.4 Å². The van der Waals surface area contributed by atoms with Gasteiger partial charge in [0.05, 0.1) is 6.10 Å². The van der Waals surface area contributed by atoms with Gasteiger partial charge in [0.2, 0.25) is 0 Å². The van der Waals surface area contributed by atoms with Gasteiger partial charge in [0.25, 0.3) is 0 Å². The molecule has 4 nitrogen and oxygen atoms in total. The zero-order valence-electron chi connectivity index (χ0n) is 12.3. The van der Waals surface area contributed by atoms with Crippen LogP contribution in [-0.2, 0) is 18.2 Å². The second-order valence-electron chi connectivity index (χ2n) is 5.48. The van der Waals surface area contributed by atoms with Gasteiger partial charge < -0.3 is 14.6 Å². The van der Waals surface area contributed by atoms with Gasteiger partial charge >= 0.3 is 0 Å². The van der Waals surface area contributed by atoms with Crippen LogP contribution in [0, 0.1) is 0 Å². The maximum atomic E-state index is 5.82. The quantitative estimate of drug-likeness (QED) is 0.822. The van der Waals surface area contributed by atoms with Gasteiger partial charge in [0.15, 0.2) is 0 Å². The van der Waals surface area contributed by atoms with E-state index in [2.05, 4.69) is 28.8 Å². The lowest BCUT2D eigenvalue weighted by Gasteiger charge is -2.25. The highest BCUT2D eigenvalue weighted by atomic mass is 16.5. The summed E-state index contributed by atoms with van der Waals surface area (Å²) in [5.41, 5.74) is 0. The van der Waals surface area contributed by atoms with Crippen molar-refractivity contribution in [3.8, 4) is 0 Å². The molecule has 1 aromatic rings. The molecule has 19 heavy (non-hydrogen) atoms. The predicted octanol–water partition coefficient (Wildman–Crippen LogP) is 2.29. The van der Waals surface area contributed by atoms with E-state index >= 15 is 0 Å². The van der Waals surface area contributed by atoms with Gasteiger partial charge in [-0.25, -0.2) is 4.98 Å². The smallest absolute Gasteiger partial charge is 0.109 e. The molecule has 1 saturated heterocycles. The fraction of sp³-hybridized carbons (Fsp3) is 0.800. The molecule has 4 heteroatoms. The highest BCUT2D eigenvalue weighted by Crippen LogP contribution is 2.18. The first-order valence-corrected chi connectivity index (χ1v) is 7.60. The Kier molecular flexibility index (Phi) is 5.86. The number of rotatable bonds is 7. The van der Waals surface area contributed by atoms with Crippen LogP contribution in [0.2, 0.25) is 0 Å². The summed E-state index contributed by atoms with van der Waals surface area (Å²) in [6.07, 6.45) is 11.5. The van der Waals surface area contributed by atoms with E-state index in [1.807, 2.05) is 12.4 Å². The molecular formula is C15H27N3O. The van der Waals surface area contributed by atoms with Crippen molar-refractivity contribution in [1.29, 1.82) is 0 Å². The van der Waals surface area contributed by atoms with Crippen LogP contribution in [0.1, 0.15) is 44.9 Å². The fourth-order valence-corrected chi connectivity index (χ4v) is 2.80. The van der Waals surface area contributed by atoms with E-state index in [9.17, 15) is 0 Å². The number of imidazole rings is 1. The average Bonchev–Trinajstić information content (AvgIpc) is 2.83. The highest BCUT2D eigenvalue weighted by molar-refractivity contribution is 4.94. The molecule has 2 atom stereocenters. The molecule has 0 saturated carbocycles. The molecule has 1 N–H and O–H groups in total. The summed E-state index contributed by atoms with van der Waals surface area (Å²) < 4.78 is 7.93. The Hall–Kier alpha value is -0.870. The number of likely N-dealkylation sites (N-methyl/N-ethyl adjacent to an activating group) is 1. The number of nitrogens with one attached hydrogen (secondary N) is 1. The normalized spacial score (nSPS) is 21.5. The molecule has 0 bridgehead atoms. The SMILES string of the molecule is CCNC(CCC1CCCCO1)Cc1nccn1C. The molecule has 0 radical (unpaired) electrons. The number of aromatic nitrogens is 2. The van der Waals surface area contributed by atoms with Crippen LogP contribution in [-0.4, -0.2) is 34.8 Å². The Bertz CT molecular complexity index is 358. The van der Waals surface area contributed by atoms with Crippen molar-refractivity contribution in [2.24, 2.45) is 7.05 Å². The molecular weight excluding hydrogens is 238 g/mol. The molecule has 1 fully saturated rings. The summed E-state index contributed by atoms with van der Waals surface area (Å²) in [4.78, 5) is 4.42. The van der Waals surface area contributed by atoms with Crippen molar-refractivity contribution >= 4 is 0 Å². The van der Waals surface area contributed by atoms with Crippen LogP contribution < -0.4 is 5.32 Å². The van der Waals surface area contributed by atoms with Crippen molar-refractivity contribution < 1.29 is 4.74 Å². The lowest BCUT2D eigenvalue weighted by molar-refractivity contribution is 0.00857. The number of nitrogens with zero attached hydrogens (tertiary/aromatic N) is 2. The van der Waals surface area contributed by atoms with Crippen molar-refractivity contribution in [1.82, 2.24) is 14.9 Å². The van der Waals surface area contributed by atoms with Crippen LogP contribution >= 0.6 is 0 Å². The Balaban J connectivity index is 1.80. The Morgan fingerprint density at radius 3 is 3.05 bits per heavy atom. The van der Waals surface area contributed by atoms with E-state index in [0.717, 1.165) is 25.4 Å². The molecule has 1 aliphatic heterocycles. The first kappa shape index (κ1) is 14.5. The second-order valence-corrected chi connectivity index (χ2v) is 5.48. The third-order valence-electron chi connectivity index (χ3n) is 3.95. The second kappa shape index (κ2) is 7.65. The van der Waals surface area contributed by atoms with Crippen molar-refractivity contribution in [2.75, 3.05) is 13.2 Å². The van der Waals surface area contributed by atoms with Crippen LogP contribution in [0.4, 0.5) is 0 Å². The maximum Gasteiger partial charge on any atom is 0.109 e. The van der Waals surface area contributed by atoms with E-state index in [1.165, 1.54) is 32.1 Å². The minimum atomic E-state index is 0.483. The molecule has 1 aromatic heterocycles. The first-order chi connectivity index (χ1) is 9.29. The first-order valence-electron chi connectivity index (χ1n) is 7.60. The maximum absolute atomic E-state index is 5.82. The number of hydrogen-bond donors (Lipinski definition) is 1. The molecule has 0 aromatic carbocycles. The Labute approximate surface area is 116 Å². The van der Waals surface area contributed by atoms with Gasteiger partial charge in [-0.15, -0.1) is 0 Å². The van der Waals surface area contributed by atoms with Crippen molar-refractivity contribution in [3.05, 3.63) is 18.2 Å². The number of ether oxygens (including phenoxy) is 1. The van der Waals surface area contributed by atoms with Gasteiger partial charge in [-0.2, -0.15) is 0 Å².